The Kier molecular flexibility index (Phi) is 4.70. The third-order valence-electron chi connectivity index (χ3n) is 6.68. The number of anilines is 3. The molecule has 4 aromatic rings. The molecule has 0 saturated heterocycles. The van der Waals surface area contributed by atoms with Crippen molar-refractivity contribution >= 4 is 34.7 Å². The van der Waals surface area contributed by atoms with Crippen LogP contribution in [0.5, 0.6) is 11.5 Å². The van der Waals surface area contributed by atoms with E-state index in [1.54, 1.807) is 16.7 Å². The summed E-state index contributed by atoms with van der Waals surface area (Å²) in [6, 6.07) is 7.56. The van der Waals surface area contributed by atoms with Gasteiger partial charge in [0.15, 0.2) is 17.2 Å². The van der Waals surface area contributed by atoms with Crippen LogP contribution < -0.4 is 15.4 Å². The van der Waals surface area contributed by atoms with Crippen LogP contribution in [0.25, 0.3) is 11.2 Å². The molecule has 176 valence electrons. The highest BCUT2D eigenvalue weighted by molar-refractivity contribution is 5.88. The third kappa shape index (κ3) is 3.63. The van der Waals surface area contributed by atoms with Gasteiger partial charge in [-0.25, -0.2) is 9.97 Å². The van der Waals surface area contributed by atoms with E-state index in [-0.39, 0.29) is 11.7 Å². The van der Waals surface area contributed by atoms with Gasteiger partial charge in [-0.3, -0.25) is 9.48 Å². The zero-order valence-corrected chi connectivity index (χ0v) is 19.4. The zero-order chi connectivity index (χ0) is 24.2. The number of imidazole rings is 1. The summed E-state index contributed by atoms with van der Waals surface area (Å²) in [5.74, 6) is 2.09. The van der Waals surface area contributed by atoms with Gasteiger partial charge in [0.05, 0.1) is 6.20 Å². The van der Waals surface area contributed by atoms with Crippen LogP contribution in [0, 0.1) is 11.3 Å². The summed E-state index contributed by atoms with van der Waals surface area (Å²) in [6.07, 6.45) is 7.83. The van der Waals surface area contributed by atoms with Crippen molar-refractivity contribution < 1.29 is 9.53 Å². The number of nitriles is 1. The summed E-state index contributed by atoms with van der Waals surface area (Å²) in [5.41, 5.74) is 2.89. The first-order valence-corrected chi connectivity index (χ1v) is 11.5. The molecule has 5 heterocycles. The fraction of sp³-hybridized carbons (Fsp3) is 0.333. The van der Waals surface area contributed by atoms with Crippen molar-refractivity contribution in [3.63, 3.8) is 0 Å². The van der Waals surface area contributed by atoms with E-state index in [0.29, 0.717) is 39.7 Å². The van der Waals surface area contributed by atoms with Crippen LogP contribution in [0.2, 0.25) is 0 Å². The van der Waals surface area contributed by atoms with Gasteiger partial charge < -0.3 is 19.9 Å². The second-order valence-corrected chi connectivity index (χ2v) is 9.08. The molecule has 2 N–H and O–H groups in total. The molecule has 0 aromatic carbocycles. The molecule has 11 nitrogen and oxygen atoms in total. The Morgan fingerprint density at radius 3 is 2.86 bits per heavy atom. The minimum atomic E-state index is -0.240. The standard InChI is InChI=1S/C24H23N9O2/c1-14(34)28-19-10-15(4-8-26-19)35-17-13-27-22-21(16(17)12-25)32(2)23(30-22)29-20-11-18-24(6-7-24)5-3-9-33(18)31-20/h4,8,10-11,13H,3,5-7,9H2,1-2H3,(H,26,28,34)(H,27,29,30,31). The van der Waals surface area contributed by atoms with Gasteiger partial charge in [-0.1, -0.05) is 0 Å². The molecule has 0 unspecified atom stereocenters. The van der Waals surface area contributed by atoms with E-state index in [2.05, 4.69) is 42.4 Å². The third-order valence-corrected chi connectivity index (χ3v) is 6.68. The maximum absolute atomic E-state index is 11.3. The van der Waals surface area contributed by atoms with Crippen LogP contribution in [0.4, 0.5) is 17.6 Å². The fourth-order valence-electron chi connectivity index (χ4n) is 4.84. The van der Waals surface area contributed by atoms with Crippen molar-refractivity contribution in [3.05, 3.63) is 41.9 Å². The number of fused-ring (bicyclic) bond motifs is 3. The van der Waals surface area contributed by atoms with Crippen molar-refractivity contribution in [1.29, 1.82) is 5.26 Å². The topological polar surface area (TPSA) is 136 Å². The van der Waals surface area contributed by atoms with Gasteiger partial charge in [0.2, 0.25) is 11.9 Å². The van der Waals surface area contributed by atoms with Crippen molar-refractivity contribution in [2.24, 2.45) is 7.05 Å². The smallest absolute Gasteiger partial charge is 0.222 e. The Morgan fingerprint density at radius 2 is 2.09 bits per heavy atom. The lowest BCUT2D eigenvalue weighted by molar-refractivity contribution is -0.114. The number of amides is 1. The van der Waals surface area contributed by atoms with E-state index in [0.717, 1.165) is 18.8 Å². The summed E-state index contributed by atoms with van der Waals surface area (Å²) in [6.45, 7) is 2.33. The quantitative estimate of drug-likeness (QED) is 0.451. The van der Waals surface area contributed by atoms with Gasteiger partial charge in [-0.05, 0) is 31.7 Å². The Hall–Kier alpha value is -4.46. The number of aromatic nitrogens is 6. The molecule has 6 rings (SSSR count). The maximum atomic E-state index is 11.3. The minimum absolute atomic E-state index is 0.240. The molecule has 35 heavy (non-hydrogen) atoms. The zero-order valence-electron chi connectivity index (χ0n) is 19.4. The van der Waals surface area contributed by atoms with E-state index < -0.39 is 0 Å². The van der Waals surface area contributed by atoms with Gasteiger partial charge in [0.1, 0.15) is 28.7 Å². The first kappa shape index (κ1) is 21.1. The fourth-order valence-corrected chi connectivity index (χ4v) is 4.84. The Morgan fingerprint density at radius 1 is 1.23 bits per heavy atom. The van der Waals surface area contributed by atoms with Gasteiger partial charge in [-0.2, -0.15) is 15.3 Å². The normalized spacial score (nSPS) is 15.5. The summed E-state index contributed by atoms with van der Waals surface area (Å²) in [4.78, 5) is 24.4. The van der Waals surface area contributed by atoms with E-state index in [1.807, 2.05) is 7.05 Å². The van der Waals surface area contributed by atoms with Crippen LogP contribution in [0.3, 0.4) is 0 Å². The second-order valence-electron chi connectivity index (χ2n) is 9.08. The van der Waals surface area contributed by atoms with Crippen molar-refractivity contribution in [2.75, 3.05) is 10.6 Å². The molecule has 2 aliphatic rings. The number of carbonyl (C=O) groups excluding carboxylic acids is 1. The number of carbonyl (C=O) groups is 1. The first-order valence-electron chi connectivity index (χ1n) is 11.5. The lowest BCUT2D eigenvalue weighted by Crippen LogP contribution is -2.21. The highest BCUT2D eigenvalue weighted by Gasteiger charge is 2.48. The minimum Gasteiger partial charge on any atom is -0.454 e. The molecule has 1 fully saturated rings. The monoisotopic (exact) mass is 469 g/mol. The van der Waals surface area contributed by atoms with Gasteiger partial charge in [-0.15, -0.1) is 0 Å². The number of ether oxygens (including phenoxy) is 1. The maximum Gasteiger partial charge on any atom is 0.222 e. The second kappa shape index (κ2) is 7.80. The van der Waals surface area contributed by atoms with Crippen LogP contribution in [0.1, 0.15) is 43.9 Å². The molecule has 1 aliphatic heterocycles. The van der Waals surface area contributed by atoms with Gasteiger partial charge in [0.25, 0.3) is 0 Å². The number of nitrogens with zero attached hydrogens (tertiary/aromatic N) is 7. The summed E-state index contributed by atoms with van der Waals surface area (Å²) >= 11 is 0. The lowest BCUT2D eigenvalue weighted by Gasteiger charge is -2.22. The Bertz CT molecular complexity index is 1520. The van der Waals surface area contributed by atoms with Crippen molar-refractivity contribution in [2.45, 2.75) is 44.6 Å². The summed E-state index contributed by atoms with van der Waals surface area (Å²) in [7, 11) is 1.82. The van der Waals surface area contributed by atoms with Crippen LogP contribution in [-0.2, 0) is 23.8 Å². The first-order chi connectivity index (χ1) is 17.0. The van der Waals surface area contributed by atoms with Crippen LogP contribution in [-0.4, -0.2) is 35.2 Å². The van der Waals surface area contributed by atoms with Gasteiger partial charge in [0, 0.05) is 50.0 Å². The molecular weight excluding hydrogens is 446 g/mol. The molecule has 4 aromatic heterocycles. The van der Waals surface area contributed by atoms with Crippen molar-refractivity contribution in [3.8, 4) is 17.6 Å². The average molecular weight is 470 g/mol. The highest BCUT2D eigenvalue weighted by Crippen LogP contribution is 2.54. The Labute approximate surface area is 200 Å². The molecule has 1 saturated carbocycles. The molecule has 0 atom stereocenters. The van der Waals surface area contributed by atoms with E-state index in [9.17, 15) is 10.1 Å². The molecule has 1 spiro atoms. The molecule has 0 radical (unpaired) electrons. The number of hydrogen-bond acceptors (Lipinski definition) is 8. The Balaban J connectivity index is 1.32. The van der Waals surface area contributed by atoms with Crippen LogP contribution >= 0.6 is 0 Å². The predicted molar refractivity (Wildman–Crippen MR) is 127 cm³/mol. The lowest BCUT2D eigenvalue weighted by atomic mass is 9.93. The van der Waals surface area contributed by atoms with Gasteiger partial charge >= 0.3 is 0 Å². The average Bonchev–Trinajstić information content (AvgIpc) is 3.35. The molecule has 11 heteroatoms. The molecule has 1 aliphatic carbocycles. The largest absolute Gasteiger partial charge is 0.454 e. The van der Waals surface area contributed by atoms with Crippen molar-refractivity contribution in [1.82, 2.24) is 29.3 Å². The number of hydrogen-bond donors (Lipinski definition) is 2. The highest BCUT2D eigenvalue weighted by atomic mass is 16.5. The molecular formula is C24H23N9O2. The summed E-state index contributed by atoms with van der Waals surface area (Å²) < 4.78 is 9.84. The summed E-state index contributed by atoms with van der Waals surface area (Å²) in [5, 5.41) is 20.6. The van der Waals surface area contributed by atoms with E-state index in [4.69, 9.17) is 9.84 Å². The van der Waals surface area contributed by atoms with E-state index >= 15 is 0 Å². The molecule has 0 bridgehead atoms. The predicted octanol–water partition coefficient (Wildman–Crippen LogP) is 3.75. The SMILES string of the molecule is CC(=O)Nc1cc(Oc2cnc3nc(Nc4cc5n(n4)CCCC54CC4)n(C)c3c2C#N)ccn1. The number of rotatable bonds is 5. The van der Waals surface area contributed by atoms with Crippen LogP contribution in [0.15, 0.2) is 30.6 Å². The number of aryl methyl sites for hydroxylation is 2. The number of nitrogens with one attached hydrogen (secondary N) is 2. The number of pyridine rings is 2. The van der Waals surface area contributed by atoms with E-state index in [1.165, 1.54) is 44.3 Å². The molecule has 1 amide bonds.